The minimum absolute atomic E-state index is 0.138. The lowest BCUT2D eigenvalue weighted by atomic mass is 9.67. The molecule has 12 aromatic rings. The molecule has 10 aromatic carbocycles. The highest BCUT2D eigenvalue weighted by Gasteiger charge is 2.46. The molecule has 0 aliphatic heterocycles. The second-order valence-corrected chi connectivity index (χ2v) is 18.8. The Kier molecular flexibility index (Phi) is 7.95. The molecule has 0 N–H and O–H groups in total. The smallest absolute Gasteiger partial charge is 0.137 e. The molecular weight excluding hydrogens is 815 g/mol. The number of rotatable bonds is 6. The van der Waals surface area contributed by atoms with Gasteiger partial charge in [0.25, 0.3) is 0 Å². The summed E-state index contributed by atoms with van der Waals surface area (Å²) in [6, 6.07) is 81.8. The van der Waals surface area contributed by atoms with Crippen LogP contribution in [0.3, 0.4) is 0 Å². The van der Waals surface area contributed by atoms with Crippen molar-refractivity contribution in [3.8, 4) is 33.4 Å². The van der Waals surface area contributed by atoms with Gasteiger partial charge >= 0.3 is 0 Å². The monoisotopic (exact) mass is 857 g/mol. The average Bonchev–Trinajstić information content (AvgIpc) is 4.10. The predicted molar refractivity (Wildman–Crippen MR) is 276 cm³/mol. The van der Waals surface area contributed by atoms with Gasteiger partial charge < -0.3 is 13.7 Å². The third kappa shape index (κ3) is 5.34. The minimum atomic E-state index is -0.500. The summed E-state index contributed by atoms with van der Waals surface area (Å²) in [7, 11) is 0. The Morgan fingerprint density at radius 3 is 1.64 bits per heavy atom. The number of fused-ring (bicyclic) bond motifs is 12. The van der Waals surface area contributed by atoms with E-state index in [4.69, 9.17) is 8.83 Å². The van der Waals surface area contributed by atoms with Gasteiger partial charge in [0, 0.05) is 50.1 Å². The van der Waals surface area contributed by atoms with E-state index < -0.39 is 5.41 Å². The lowest BCUT2D eigenvalue weighted by Gasteiger charge is -2.33. The molecule has 0 spiro atoms. The van der Waals surface area contributed by atoms with Gasteiger partial charge in [-0.1, -0.05) is 178 Å². The van der Waals surface area contributed by atoms with Gasteiger partial charge in [-0.25, -0.2) is 0 Å². The lowest BCUT2D eigenvalue weighted by molar-refractivity contribution is 0.660. The minimum Gasteiger partial charge on any atom is -0.456 e. The molecule has 2 aliphatic carbocycles. The van der Waals surface area contributed by atoms with Gasteiger partial charge in [0.2, 0.25) is 0 Å². The number of hydrogen-bond donors (Lipinski definition) is 0. The van der Waals surface area contributed by atoms with Gasteiger partial charge in [-0.3, -0.25) is 0 Å². The van der Waals surface area contributed by atoms with Crippen LogP contribution >= 0.6 is 0 Å². The van der Waals surface area contributed by atoms with Gasteiger partial charge in [0.05, 0.1) is 5.41 Å². The molecule has 0 saturated carbocycles. The fraction of sp³-hybridized carbons (Fsp3) is 0.0625. The van der Waals surface area contributed by atoms with Crippen LogP contribution in [0, 0.1) is 0 Å². The van der Waals surface area contributed by atoms with Crippen LogP contribution < -0.4 is 4.90 Å². The first kappa shape index (κ1) is 37.9. The number of para-hydroxylation sites is 1. The summed E-state index contributed by atoms with van der Waals surface area (Å²) in [5, 5.41) is 4.45. The fourth-order valence-electron chi connectivity index (χ4n) is 11.9. The zero-order valence-electron chi connectivity index (χ0n) is 37.1. The van der Waals surface area contributed by atoms with Gasteiger partial charge in [0.1, 0.15) is 22.3 Å². The summed E-state index contributed by atoms with van der Waals surface area (Å²) < 4.78 is 13.3. The fourth-order valence-corrected chi connectivity index (χ4v) is 11.9. The van der Waals surface area contributed by atoms with Crippen LogP contribution in [0.1, 0.15) is 47.2 Å². The Labute approximate surface area is 388 Å². The van der Waals surface area contributed by atoms with E-state index in [0.29, 0.717) is 0 Å². The SMILES string of the molecule is CC1(C)c2ccccc2-c2ccc(N(c3ccc(-c4cccc5oc6cc(C7(c8ccccc8)c8ccccc8-c8ccccc87)ccc6c45)cc3)c3ccc4c(c3)oc3ccccc34)cc21. The van der Waals surface area contributed by atoms with Gasteiger partial charge in [-0.15, -0.1) is 0 Å². The summed E-state index contributed by atoms with van der Waals surface area (Å²) in [4.78, 5) is 2.37. The molecule has 0 saturated heterocycles. The molecule has 316 valence electrons. The molecule has 67 heavy (non-hydrogen) atoms. The molecule has 0 radical (unpaired) electrons. The largest absolute Gasteiger partial charge is 0.456 e. The highest BCUT2D eigenvalue weighted by molar-refractivity contribution is 6.13. The molecule has 2 heterocycles. The van der Waals surface area contributed by atoms with E-state index in [-0.39, 0.29) is 5.41 Å². The third-order valence-electron chi connectivity index (χ3n) is 15.0. The van der Waals surface area contributed by atoms with Crippen molar-refractivity contribution in [3.05, 3.63) is 258 Å². The Hall–Kier alpha value is -8.40. The number of anilines is 3. The number of furan rings is 2. The highest BCUT2D eigenvalue weighted by Crippen LogP contribution is 2.57. The van der Waals surface area contributed by atoms with Crippen molar-refractivity contribution in [2.45, 2.75) is 24.7 Å². The first-order valence-electron chi connectivity index (χ1n) is 23.2. The van der Waals surface area contributed by atoms with Crippen LogP contribution in [-0.2, 0) is 10.8 Å². The second-order valence-electron chi connectivity index (χ2n) is 18.8. The van der Waals surface area contributed by atoms with E-state index in [9.17, 15) is 0 Å². The van der Waals surface area contributed by atoms with Crippen molar-refractivity contribution < 1.29 is 8.83 Å². The van der Waals surface area contributed by atoms with Crippen molar-refractivity contribution in [1.82, 2.24) is 0 Å². The maximum absolute atomic E-state index is 6.87. The molecule has 0 atom stereocenters. The second kappa shape index (κ2) is 14.1. The van der Waals surface area contributed by atoms with E-state index in [0.717, 1.165) is 72.1 Å². The first-order chi connectivity index (χ1) is 33.0. The van der Waals surface area contributed by atoms with Gasteiger partial charge in [-0.05, 0) is 121 Å². The van der Waals surface area contributed by atoms with Gasteiger partial charge in [-0.2, -0.15) is 0 Å². The molecule has 0 bridgehead atoms. The topological polar surface area (TPSA) is 29.5 Å². The maximum atomic E-state index is 6.87. The highest BCUT2D eigenvalue weighted by atomic mass is 16.3. The normalized spacial score (nSPS) is 14.1. The molecule has 2 aliphatic rings. The molecule has 0 fully saturated rings. The van der Waals surface area contributed by atoms with Crippen LogP contribution in [0.15, 0.2) is 233 Å². The third-order valence-corrected chi connectivity index (χ3v) is 15.0. The number of hydrogen-bond acceptors (Lipinski definition) is 3. The summed E-state index contributed by atoms with van der Waals surface area (Å²) in [5.74, 6) is 0. The van der Waals surface area contributed by atoms with Crippen molar-refractivity contribution in [2.75, 3.05) is 4.90 Å². The number of benzene rings is 10. The maximum Gasteiger partial charge on any atom is 0.137 e. The van der Waals surface area contributed by atoms with Crippen molar-refractivity contribution in [1.29, 1.82) is 0 Å². The Bertz CT molecular complexity index is 3920. The Morgan fingerprint density at radius 1 is 0.328 bits per heavy atom. The van der Waals surface area contributed by atoms with Gasteiger partial charge in [0.15, 0.2) is 0 Å². The summed E-state index contributed by atoms with van der Waals surface area (Å²) in [6.45, 7) is 4.69. The summed E-state index contributed by atoms with van der Waals surface area (Å²) >= 11 is 0. The molecule has 3 nitrogen and oxygen atoms in total. The zero-order chi connectivity index (χ0) is 44.4. The van der Waals surface area contributed by atoms with E-state index in [1.165, 1.54) is 55.6 Å². The number of nitrogens with zero attached hydrogens (tertiary/aromatic N) is 1. The molecular formula is C64H43NO2. The molecule has 3 heteroatoms. The van der Waals surface area contributed by atoms with Crippen LogP contribution in [0.4, 0.5) is 17.1 Å². The molecule has 14 rings (SSSR count). The van der Waals surface area contributed by atoms with Crippen molar-refractivity contribution >= 4 is 60.9 Å². The zero-order valence-corrected chi connectivity index (χ0v) is 37.1. The van der Waals surface area contributed by atoms with E-state index in [1.807, 2.05) is 12.1 Å². The van der Waals surface area contributed by atoms with Crippen molar-refractivity contribution in [3.63, 3.8) is 0 Å². The average molecular weight is 858 g/mol. The van der Waals surface area contributed by atoms with Crippen LogP contribution in [0.5, 0.6) is 0 Å². The van der Waals surface area contributed by atoms with E-state index >= 15 is 0 Å². The summed E-state index contributed by atoms with van der Waals surface area (Å²) in [5.41, 5.74) is 21.2. The quantitative estimate of drug-likeness (QED) is 0.167. The first-order valence-corrected chi connectivity index (χ1v) is 23.2. The molecule has 0 unspecified atom stereocenters. The molecule has 0 amide bonds. The van der Waals surface area contributed by atoms with Crippen LogP contribution in [0.25, 0.3) is 77.3 Å². The Balaban J connectivity index is 0.901. The standard InChI is InChI=1S/C64H43NO2/c1-63(2)54-22-10-6-17-47(54)50-35-32-44(38-57(50)63)65(45-33-36-52-51-20-9-13-25-58(51)66-61(52)39-45)43-30-27-40(28-31-43)46-21-14-26-59-62(46)53-34-29-42(37-60(53)67-59)64(41-15-4-3-5-16-41)55-23-11-7-18-48(55)49-19-8-12-24-56(49)64/h3-39H,1-2H3. The van der Waals surface area contributed by atoms with E-state index in [1.54, 1.807) is 0 Å². The predicted octanol–water partition coefficient (Wildman–Crippen LogP) is 17.3. The van der Waals surface area contributed by atoms with E-state index in [2.05, 4.69) is 231 Å². The Morgan fingerprint density at radius 2 is 0.866 bits per heavy atom. The van der Waals surface area contributed by atoms with Crippen LogP contribution in [0.2, 0.25) is 0 Å². The summed E-state index contributed by atoms with van der Waals surface area (Å²) in [6.07, 6.45) is 0. The van der Waals surface area contributed by atoms with Crippen LogP contribution in [-0.4, -0.2) is 0 Å². The lowest BCUT2D eigenvalue weighted by Crippen LogP contribution is -2.28. The molecule has 2 aromatic heterocycles. The van der Waals surface area contributed by atoms with Crippen molar-refractivity contribution in [2.24, 2.45) is 0 Å².